The number of amides is 1. The maximum absolute atomic E-state index is 12.0. The lowest BCUT2D eigenvalue weighted by Gasteiger charge is -2.09. The van der Waals surface area contributed by atoms with Crippen molar-refractivity contribution in [3.63, 3.8) is 0 Å². The van der Waals surface area contributed by atoms with E-state index in [-0.39, 0.29) is 12.5 Å². The Balaban J connectivity index is 1.62. The zero-order valence-electron chi connectivity index (χ0n) is 12.8. The fourth-order valence-electron chi connectivity index (χ4n) is 2.21. The largest absolute Gasteiger partial charge is 0.484 e. The molecule has 23 heavy (non-hydrogen) atoms. The van der Waals surface area contributed by atoms with Gasteiger partial charge in [0.2, 0.25) is 5.28 Å². The molecule has 6 heteroatoms. The first-order valence-electron chi connectivity index (χ1n) is 7.16. The number of aromatic amines is 1. The van der Waals surface area contributed by atoms with Gasteiger partial charge in [-0.15, -0.1) is 0 Å². The van der Waals surface area contributed by atoms with E-state index in [1.807, 2.05) is 32.0 Å². The van der Waals surface area contributed by atoms with Crippen LogP contribution in [0, 0.1) is 13.8 Å². The molecule has 0 aliphatic carbocycles. The average molecular weight is 330 g/mol. The van der Waals surface area contributed by atoms with Crippen LogP contribution in [0.3, 0.4) is 0 Å². The van der Waals surface area contributed by atoms with Gasteiger partial charge in [0.15, 0.2) is 6.61 Å². The van der Waals surface area contributed by atoms with Crippen LogP contribution in [-0.4, -0.2) is 22.5 Å². The number of aryl methyl sites for hydroxylation is 2. The maximum atomic E-state index is 12.0. The molecule has 0 atom stereocenters. The van der Waals surface area contributed by atoms with E-state index in [0.29, 0.717) is 16.7 Å². The van der Waals surface area contributed by atoms with E-state index in [2.05, 4.69) is 15.3 Å². The van der Waals surface area contributed by atoms with Crippen molar-refractivity contribution in [3.05, 3.63) is 52.8 Å². The third kappa shape index (κ3) is 3.63. The molecule has 1 aromatic heterocycles. The highest BCUT2D eigenvalue weighted by atomic mass is 35.5. The van der Waals surface area contributed by atoms with Crippen LogP contribution in [-0.2, 0) is 4.79 Å². The summed E-state index contributed by atoms with van der Waals surface area (Å²) in [6.45, 7) is 3.99. The minimum Gasteiger partial charge on any atom is -0.484 e. The zero-order valence-corrected chi connectivity index (χ0v) is 13.6. The summed E-state index contributed by atoms with van der Waals surface area (Å²) in [4.78, 5) is 19.0. The Morgan fingerprint density at radius 3 is 2.83 bits per heavy atom. The van der Waals surface area contributed by atoms with Gasteiger partial charge >= 0.3 is 0 Å². The highest BCUT2D eigenvalue weighted by Crippen LogP contribution is 2.19. The van der Waals surface area contributed by atoms with Gasteiger partial charge in [0.05, 0.1) is 11.0 Å². The second-order valence-corrected chi connectivity index (χ2v) is 5.70. The van der Waals surface area contributed by atoms with Crippen LogP contribution in [0.5, 0.6) is 5.75 Å². The van der Waals surface area contributed by atoms with Gasteiger partial charge in [0.1, 0.15) is 5.75 Å². The molecule has 0 unspecified atom stereocenters. The third-order valence-electron chi connectivity index (χ3n) is 3.59. The summed E-state index contributed by atoms with van der Waals surface area (Å²) in [6, 6.07) is 11.1. The quantitative estimate of drug-likeness (QED) is 0.764. The smallest absolute Gasteiger partial charge is 0.262 e. The third-order valence-corrected chi connectivity index (χ3v) is 3.76. The van der Waals surface area contributed by atoms with Gasteiger partial charge in [-0.1, -0.05) is 6.07 Å². The van der Waals surface area contributed by atoms with Crippen molar-refractivity contribution in [1.82, 2.24) is 9.97 Å². The Labute approximate surface area is 138 Å². The van der Waals surface area contributed by atoms with E-state index in [4.69, 9.17) is 16.3 Å². The molecule has 3 aromatic rings. The Hall–Kier alpha value is -2.53. The Bertz CT molecular complexity index is 873. The number of carbonyl (C=O) groups is 1. The summed E-state index contributed by atoms with van der Waals surface area (Å²) in [7, 11) is 0. The minimum atomic E-state index is -0.229. The number of anilines is 1. The van der Waals surface area contributed by atoms with E-state index in [9.17, 15) is 4.79 Å². The van der Waals surface area contributed by atoms with Crippen molar-refractivity contribution in [2.75, 3.05) is 11.9 Å². The van der Waals surface area contributed by atoms with E-state index >= 15 is 0 Å². The molecule has 0 spiro atoms. The van der Waals surface area contributed by atoms with Crippen LogP contribution in [0.25, 0.3) is 11.0 Å². The van der Waals surface area contributed by atoms with Gasteiger partial charge in [-0.25, -0.2) is 4.98 Å². The molecule has 5 nitrogen and oxygen atoms in total. The molecular weight excluding hydrogens is 314 g/mol. The number of nitrogens with one attached hydrogen (secondary N) is 2. The molecule has 0 saturated heterocycles. The number of aromatic nitrogens is 2. The second kappa shape index (κ2) is 6.30. The molecule has 0 saturated carbocycles. The standard InChI is InChI=1S/C17H16ClN3O2/c1-10-3-5-13(7-11(10)2)23-9-16(22)19-12-4-6-14-15(8-12)21-17(18)20-14/h3-8H,9H2,1-2H3,(H,19,22)(H,20,21). The average Bonchev–Trinajstić information content (AvgIpc) is 2.88. The van der Waals surface area contributed by atoms with E-state index in [1.165, 1.54) is 5.56 Å². The number of H-pyrrole nitrogens is 1. The van der Waals surface area contributed by atoms with E-state index < -0.39 is 0 Å². The van der Waals surface area contributed by atoms with Crippen molar-refractivity contribution in [1.29, 1.82) is 0 Å². The molecule has 1 amide bonds. The summed E-state index contributed by atoms with van der Waals surface area (Å²) in [5.74, 6) is 0.451. The highest BCUT2D eigenvalue weighted by Gasteiger charge is 2.07. The van der Waals surface area contributed by atoms with E-state index in [1.54, 1.807) is 18.2 Å². The first-order chi connectivity index (χ1) is 11.0. The number of fused-ring (bicyclic) bond motifs is 1. The van der Waals surface area contributed by atoms with Gasteiger partial charge in [0.25, 0.3) is 5.91 Å². The van der Waals surface area contributed by atoms with Gasteiger partial charge in [0, 0.05) is 5.69 Å². The minimum absolute atomic E-state index is 0.0513. The van der Waals surface area contributed by atoms with Crippen molar-refractivity contribution in [2.24, 2.45) is 0 Å². The van der Waals surface area contributed by atoms with Crippen LogP contribution in [0.2, 0.25) is 5.28 Å². The van der Waals surface area contributed by atoms with Crippen LogP contribution < -0.4 is 10.1 Å². The molecule has 0 bridgehead atoms. The van der Waals surface area contributed by atoms with Crippen LogP contribution in [0.15, 0.2) is 36.4 Å². The first kappa shape index (κ1) is 15.4. The van der Waals surface area contributed by atoms with Gasteiger partial charge in [-0.2, -0.15) is 0 Å². The predicted octanol–water partition coefficient (Wildman–Crippen LogP) is 3.85. The lowest BCUT2D eigenvalue weighted by atomic mass is 10.1. The van der Waals surface area contributed by atoms with E-state index in [0.717, 1.165) is 16.6 Å². The number of hydrogen-bond acceptors (Lipinski definition) is 3. The number of halogens is 1. The highest BCUT2D eigenvalue weighted by molar-refractivity contribution is 6.29. The summed E-state index contributed by atoms with van der Waals surface area (Å²) < 4.78 is 5.51. The van der Waals surface area contributed by atoms with Crippen molar-refractivity contribution in [2.45, 2.75) is 13.8 Å². The van der Waals surface area contributed by atoms with Crippen molar-refractivity contribution >= 4 is 34.2 Å². The lowest BCUT2D eigenvalue weighted by molar-refractivity contribution is -0.118. The molecular formula is C17H16ClN3O2. The molecule has 2 aromatic carbocycles. The summed E-state index contributed by atoms with van der Waals surface area (Å²) in [5.41, 5.74) is 4.49. The molecule has 0 aliphatic rings. The molecule has 0 radical (unpaired) electrons. The summed E-state index contributed by atoms with van der Waals surface area (Å²) >= 11 is 5.81. The number of hydrogen-bond donors (Lipinski definition) is 2. The normalized spacial score (nSPS) is 10.7. The number of rotatable bonds is 4. The monoisotopic (exact) mass is 329 g/mol. The SMILES string of the molecule is Cc1ccc(OCC(=O)Nc2ccc3nc(Cl)[nH]c3c2)cc1C. The number of ether oxygens (including phenoxy) is 1. The molecule has 0 fully saturated rings. The second-order valence-electron chi connectivity index (χ2n) is 5.34. The predicted molar refractivity (Wildman–Crippen MR) is 91.1 cm³/mol. The Kier molecular flexibility index (Phi) is 4.21. The van der Waals surface area contributed by atoms with Crippen molar-refractivity contribution in [3.8, 4) is 5.75 Å². The Morgan fingerprint density at radius 1 is 1.22 bits per heavy atom. The number of carbonyl (C=O) groups excluding carboxylic acids is 1. The summed E-state index contributed by atoms with van der Waals surface area (Å²) in [6.07, 6.45) is 0. The molecule has 3 rings (SSSR count). The lowest BCUT2D eigenvalue weighted by Crippen LogP contribution is -2.20. The molecule has 2 N–H and O–H groups in total. The molecule has 1 heterocycles. The first-order valence-corrected chi connectivity index (χ1v) is 7.54. The number of imidazole rings is 1. The van der Waals surface area contributed by atoms with Crippen LogP contribution >= 0.6 is 11.6 Å². The maximum Gasteiger partial charge on any atom is 0.262 e. The Morgan fingerprint density at radius 2 is 2.04 bits per heavy atom. The topological polar surface area (TPSA) is 67.0 Å². The fourth-order valence-corrected chi connectivity index (χ4v) is 2.40. The van der Waals surface area contributed by atoms with Gasteiger partial charge in [-0.05, 0) is 66.9 Å². The van der Waals surface area contributed by atoms with Crippen molar-refractivity contribution < 1.29 is 9.53 Å². The summed E-state index contributed by atoms with van der Waals surface area (Å²) in [5, 5.41) is 3.11. The van der Waals surface area contributed by atoms with Gasteiger partial charge < -0.3 is 15.0 Å². The van der Waals surface area contributed by atoms with Crippen LogP contribution in [0.4, 0.5) is 5.69 Å². The van der Waals surface area contributed by atoms with Gasteiger partial charge in [-0.3, -0.25) is 4.79 Å². The van der Waals surface area contributed by atoms with Crippen LogP contribution in [0.1, 0.15) is 11.1 Å². The number of benzene rings is 2. The fraction of sp³-hybridized carbons (Fsp3) is 0.176. The number of nitrogens with zero attached hydrogens (tertiary/aromatic N) is 1. The molecule has 118 valence electrons. The molecule has 0 aliphatic heterocycles. The zero-order chi connectivity index (χ0) is 16.4.